The second-order valence-corrected chi connectivity index (χ2v) is 9.18. The number of hydrogen-bond acceptors (Lipinski definition) is 5. The number of anilines is 3. The molecule has 0 aliphatic carbocycles. The smallest absolute Gasteiger partial charge is 0.330 e. The van der Waals surface area contributed by atoms with Crippen molar-refractivity contribution >= 4 is 29.0 Å². The van der Waals surface area contributed by atoms with Gasteiger partial charge in [-0.2, -0.15) is 0 Å². The molecule has 1 saturated heterocycles. The molecule has 2 aromatic rings. The molecular weight excluding hydrogens is 441 g/mol. The van der Waals surface area contributed by atoms with E-state index in [-0.39, 0.29) is 42.8 Å². The highest BCUT2D eigenvalue weighted by atomic mass is 19.1. The number of carbonyl (C=O) groups excluding carboxylic acids is 2. The third-order valence-corrected chi connectivity index (χ3v) is 5.97. The molecule has 3 rings (SSSR count). The zero-order chi connectivity index (χ0) is 25.2. The van der Waals surface area contributed by atoms with Crippen molar-refractivity contribution in [2.75, 3.05) is 28.6 Å². The lowest BCUT2D eigenvalue weighted by Gasteiger charge is -2.28. The first-order valence-electron chi connectivity index (χ1n) is 11.6. The van der Waals surface area contributed by atoms with E-state index in [0.717, 1.165) is 6.42 Å². The normalized spacial score (nSPS) is 15.9. The Morgan fingerprint density at radius 1 is 1.29 bits per heavy atom. The Kier molecular flexibility index (Phi) is 7.58. The zero-order valence-electron chi connectivity index (χ0n) is 20.1. The molecule has 0 unspecified atom stereocenters. The van der Waals surface area contributed by atoms with Crippen molar-refractivity contribution in [1.82, 2.24) is 9.55 Å². The van der Waals surface area contributed by atoms with Crippen LogP contribution in [0, 0.1) is 24.6 Å². The van der Waals surface area contributed by atoms with Crippen LogP contribution in [0.3, 0.4) is 0 Å². The molecule has 1 aromatic carbocycles. The second-order valence-electron chi connectivity index (χ2n) is 9.18. The van der Waals surface area contributed by atoms with Crippen molar-refractivity contribution in [3.63, 3.8) is 0 Å². The average Bonchev–Trinajstić information content (AvgIpc) is 3.15. The van der Waals surface area contributed by atoms with Crippen LogP contribution in [0.4, 0.5) is 21.6 Å². The molecular formula is C24H32FN5O4. The molecule has 0 bridgehead atoms. The lowest BCUT2D eigenvalue weighted by atomic mass is 10.1. The molecule has 0 saturated carbocycles. The molecule has 1 aromatic heterocycles. The second kappa shape index (κ2) is 10.2. The van der Waals surface area contributed by atoms with Gasteiger partial charge in [-0.3, -0.25) is 23.9 Å². The average molecular weight is 474 g/mol. The monoisotopic (exact) mass is 473 g/mol. The number of H-pyrrole nitrogens is 1. The summed E-state index contributed by atoms with van der Waals surface area (Å²) < 4.78 is 15.3. The molecule has 0 radical (unpaired) electrons. The minimum absolute atomic E-state index is 0.0156. The van der Waals surface area contributed by atoms with Gasteiger partial charge in [0.05, 0.1) is 5.92 Å². The third kappa shape index (κ3) is 5.05. The molecule has 2 heterocycles. The summed E-state index contributed by atoms with van der Waals surface area (Å²) in [5, 5.41) is 0. The standard InChI is InChI=1S/C24H32FN5O4/c1-5-6-9-28-21(26)20(22(32)27-24(28)34)30(12-14(2)3)23(33)16-10-19(31)29(13-16)17-8-7-15(4)18(25)11-17/h7-8,11,14,16H,5-6,9-10,12-13,26H2,1-4H3,(H,27,32,34)/t16-/m1/s1. The summed E-state index contributed by atoms with van der Waals surface area (Å²) in [7, 11) is 0. The number of unbranched alkanes of at least 4 members (excludes halogenated alkanes) is 1. The number of nitrogens with two attached hydrogens (primary N) is 1. The number of aryl methyl sites for hydroxylation is 1. The van der Waals surface area contributed by atoms with Crippen molar-refractivity contribution in [3.8, 4) is 0 Å². The highest BCUT2D eigenvalue weighted by molar-refractivity contribution is 6.05. The van der Waals surface area contributed by atoms with Crippen molar-refractivity contribution in [3.05, 3.63) is 50.4 Å². The summed E-state index contributed by atoms with van der Waals surface area (Å²) in [6.45, 7) is 7.92. The minimum atomic E-state index is -0.745. The molecule has 1 atom stereocenters. The number of nitrogen functional groups attached to an aromatic ring is 1. The molecule has 2 amide bonds. The van der Waals surface area contributed by atoms with Crippen molar-refractivity contribution in [2.45, 2.75) is 53.5 Å². The lowest BCUT2D eigenvalue weighted by molar-refractivity contribution is -0.124. The van der Waals surface area contributed by atoms with E-state index in [1.165, 1.54) is 20.4 Å². The topological polar surface area (TPSA) is 121 Å². The number of amides is 2. The Labute approximate surface area is 197 Å². The fourth-order valence-corrected chi connectivity index (χ4v) is 4.13. The summed E-state index contributed by atoms with van der Waals surface area (Å²) in [6.07, 6.45) is 1.41. The maximum absolute atomic E-state index is 14.1. The SMILES string of the molecule is CCCCn1c(N)c(N(CC(C)C)C(=O)[C@@H]2CC(=O)N(c3ccc(C)c(F)c3)C2)c(=O)[nH]c1=O. The number of benzene rings is 1. The van der Waals surface area contributed by atoms with Gasteiger partial charge in [-0.05, 0) is 37.0 Å². The van der Waals surface area contributed by atoms with Crippen LogP contribution in [0.15, 0.2) is 27.8 Å². The molecule has 34 heavy (non-hydrogen) atoms. The van der Waals surface area contributed by atoms with Gasteiger partial charge in [-0.15, -0.1) is 0 Å². The van der Waals surface area contributed by atoms with Crippen LogP contribution in [0.1, 0.15) is 45.6 Å². The van der Waals surface area contributed by atoms with Gasteiger partial charge in [-0.1, -0.05) is 33.3 Å². The van der Waals surface area contributed by atoms with Gasteiger partial charge in [0.15, 0.2) is 5.69 Å². The van der Waals surface area contributed by atoms with Crippen LogP contribution in [0.25, 0.3) is 0 Å². The molecule has 184 valence electrons. The molecule has 1 aliphatic heterocycles. The predicted molar refractivity (Wildman–Crippen MR) is 129 cm³/mol. The first-order chi connectivity index (χ1) is 16.0. The van der Waals surface area contributed by atoms with Gasteiger partial charge >= 0.3 is 5.69 Å². The highest BCUT2D eigenvalue weighted by Gasteiger charge is 2.39. The van der Waals surface area contributed by atoms with Crippen molar-refractivity contribution in [2.24, 2.45) is 11.8 Å². The van der Waals surface area contributed by atoms with E-state index < -0.39 is 28.9 Å². The first-order valence-corrected chi connectivity index (χ1v) is 11.6. The van der Waals surface area contributed by atoms with E-state index in [4.69, 9.17) is 5.73 Å². The van der Waals surface area contributed by atoms with Gasteiger partial charge in [-0.25, -0.2) is 9.18 Å². The Hall–Kier alpha value is -3.43. The fourth-order valence-electron chi connectivity index (χ4n) is 4.13. The summed E-state index contributed by atoms with van der Waals surface area (Å²) in [4.78, 5) is 56.4. The molecule has 9 nitrogen and oxygen atoms in total. The summed E-state index contributed by atoms with van der Waals surface area (Å²) in [5.74, 6) is -2.01. The van der Waals surface area contributed by atoms with Gasteiger partial charge in [0.1, 0.15) is 11.6 Å². The van der Waals surface area contributed by atoms with Gasteiger partial charge < -0.3 is 15.5 Å². The third-order valence-electron chi connectivity index (χ3n) is 5.97. The van der Waals surface area contributed by atoms with Crippen LogP contribution < -0.4 is 26.8 Å². The van der Waals surface area contributed by atoms with Crippen LogP contribution >= 0.6 is 0 Å². The molecule has 1 aliphatic rings. The van der Waals surface area contributed by atoms with Crippen LogP contribution in [0.5, 0.6) is 0 Å². The first kappa shape index (κ1) is 25.2. The Morgan fingerprint density at radius 2 is 2.00 bits per heavy atom. The van der Waals surface area contributed by atoms with E-state index in [2.05, 4.69) is 4.98 Å². The summed E-state index contributed by atoms with van der Waals surface area (Å²) in [5.41, 5.74) is 5.63. The van der Waals surface area contributed by atoms with Crippen molar-refractivity contribution < 1.29 is 14.0 Å². The van der Waals surface area contributed by atoms with Crippen LogP contribution in [0.2, 0.25) is 0 Å². The van der Waals surface area contributed by atoms with E-state index in [0.29, 0.717) is 24.2 Å². The van der Waals surface area contributed by atoms with Gasteiger partial charge in [0.2, 0.25) is 11.8 Å². The molecule has 10 heteroatoms. The summed E-state index contributed by atoms with van der Waals surface area (Å²) >= 11 is 0. The van der Waals surface area contributed by atoms with Crippen LogP contribution in [-0.2, 0) is 16.1 Å². The minimum Gasteiger partial charge on any atom is -0.383 e. The van der Waals surface area contributed by atoms with E-state index in [1.807, 2.05) is 20.8 Å². The molecule has 1 fully saturated rings. The largest absolute Gasteiger partial charge is 0.383 e. The lowest BCUT2D eigenvalue weighted by Crippen LogP contribution is -2.45. The predicted octanol–water partition coefficient (Wildman–Crippen LogP) is 2.41. The highest BCUT2D eigenvalue weighted by Crippen LogP contribution is 2.30. The van der Waals surface area contributed by atoms with E-state index in [1.54, 1.807) is 19.1 Å². The van der Waals surface area contributed by atoms with Gasteiger partial charge in [0, 0.05) is 31.7 Å². The Bertz CT molecular complexity index is 1200. The Balaban J connectivity index is 1.97. The number of nitrogens with one attached hydrogen (secondary N) is 1. The summed E-state index contributed by atoms with van der Waals surface area (Å²) in [6, 6.07) is 4.50. The van der Waals surface area contributed by atoms with E-state index >= 15 is 0 Å². The number of aromatic amines is 1. The van der Waals surface area contributed by atoms with E-state index in [9.17, 15) is 23.6 Å². The maximum atomic E-state index is 14.1. The maximum Gasteiger partial charge on any atom is 0.330 e. The number of halogens is 1. The van der Waals surface area contributed by atoms with Crippen molar-refractivity contribution in [1.29, 1.82) is 0 Å². The number of carbonyl (C=O) groups is 2. The van der Waals surface area contributed by atoms with Crippen LogP contribution in [-0.4, -0.2) is 34.5 Å². The fraction of sp³-hybridized carbons (Fsp3) is 0.500. The van der Waals surface area contributed by atoms with Gasteiger partial charge in [0.25, 0.3) is 5.56 Å². The number of aromatic nitrogens is 2. The zero-order valence-corrected chi connectivity index (χ0v) is 20.1. The molecule has 0 spiro atoms. The molecule has 3 N–H and O–H groups in total. The number of hydrogen-bond donors (Lipinski definition) is 2. The quantitative estimate of drug-likeness (QED) is 0.610. The Morgan fingerprint density at radius 3 is 2.62 bits per heavy atom. The number of nitrogens with zero attached hydrogens (tertiary/aromatic N) is 3. The number of rotatable bonds is 8.